The van der Waals surface area contributed by atoms with E-state index in [-0.39, 0.29) is 18.2 Å². The normalized spacial score (nSPS) is 16.6. The van der Waals surface area contributed by atoms with E-state index in [2.05, 4.69) is 5.32 Å². The number of amides is 2. The molecule has 1 aliphatic heterocycles. The van der Waals surface area contributed by atoms with Gasteiger partial charge in [-0.1, -0.05) is 18.2 Å². The summed E-state index contributed by atoms with van der Waals surface area (Å²) in [5, 5.41) is 2.85. The number of rotatable bonds is 5. The molecule has 25 heavy (non-hydrogen) atoms. The summed E-state index contributed by atoms with van der Waals surface area (Å²) in [6.07, 6.45) is 0.179. The fourth-order valence-corrected chi connectivity index (χ4v) is 2.89. The van der Waals surface area contributed by atoms with Gasteiger partial charge in [-0.05, 0) is 24.3 Å². The molecule has 1 N–H and O–H groups in total. The van der Waals surface area contributed by atoms with Crippen LogP contribution in [0.2, 0.25) is 0 Å². The lowest BCUT2D eigenvalue weighted by molar-refractivity contribution is -0.122. The molecule has 6 nitrogen and oxygen atoms in total. The van der Waals surface area contributed by atoms with Crippen LogP contribution >= 0.6 is 0 Å². The molecule has 0 unspecified atom stereocenters. The van der Waals surface area contributed by atoms with Gasteiger partial charge in [-0.15, -0.1) is 0 Å². The third-order valence-electron chi connectivity index (χ3n) is 4.23. The lowest BCUT2D eigenvalue weighted by atomic mass is 10.1. The number of para-hydroxylation sites is 2. The second-order valence-electron chi connectivity index (χ2n) is 5.80. The largest absolute Gasteiger partial charge is 0.497 e. The number of nitrogens with zero attached hydrogens (tertiary/aromatic N) is 1. The molecule has 1 aliphatic rings. The summed E-state index contributed by atoms with van der Waals surface area (Å²) in [4.78, 5) is 26.5. The maximum Gasteiger partial charge on any atom is 0.229 e. The number of carbonyl (C=O) groups excluding carboxylic acids is 2. The fourth-order valence-electron chi connectivity index (χ4n) is 2.89. The summed E-state index contributed by atoms with van der Waals surface area (Å²) < 4.78 is 10.4. The first-order chi connectivity index (χ1) is 12.1. The van der Waals surface area contributed by atoms with Crippen LogP contribution in [-0.2, 0) is 9.59 Å². The zero-order chi connectivity index (χ0) is 17.8. The highest BCUT2D eigenvalue weighted by atomic mass is 16.5. The van der Waals surface area contributed by atoms with Crippen molar-refractivity contribution in [3.05, 3.63) is 48.5 Å². The fraction of sp³-hybridized carbons (Fsp3) is 0.263. The monoisotopic (exact) mass is 340 g/mol. The second kappa shape index (κ2) is 7.25. The molecule has 0 aliphatic carbocycles. The lowest BCUT2D eigenvalue weighted by Gasteiger charge is -2.17. The van der Waals surface area contributed by atoms with Gasteiger partial charge in [0.1, 0.15) is 11.5 Å². The summed E-state index contributed by atoms with van der Waals surface area (Å²) in [5.74, 6) is 0.581. The van der Waals surface area contributed by atoms with Crippen molar-refractivity contribution < 1.29 is 19.1 Å². The minimum Gasteiger partial charge on any atom is -0.497 e. The Labute approximate surface area is 146 Å². The smallest absolute Gasteiger partial charge is 0.229 e. The molecule has 2 aromatic rings. The molecule has 0 spiro atoms. The van der Waals surface area contributed by atoms with Gasteiger partial charge < -0.3 is 19.7 Å². The molecule has 0 saturated carbocycles. The Balaban J connectivity index is 1.72. The number of ether oxygens (including phenoxy) is 2. The Morgan fingerprint density at radius 1 is 1.12 bits per heavy atom. The molecule has 0 aromatic heterocycles. The Bertz CT molecular complexity index is 790. The molecule has 2 aromatic carbocycles. The Morgan fingerprint density at radius 3 is 2.68 bits per heavy atom. The van der Waals surface area contributed by atoms with Crippen LogP contribution in [0.3, 0.4) is 0 Å². The highest BCUT2D eigenvalue weighted by Crippen LogP contribution is 2.29. The second-order valence-corrected chi connectivity index (χ2v) is 5.80. The van der Waals surface area contributed by atoms with Gasteiger partial charge in [-0.25, -0.2) is 0 Å². The Hall–Kier alpha value is -3.02. The number of carbonyl (C=O) groups is 2. The summed E-state index contributed by atoms with van der Waals surface area (Å²) >= 11 is 0. The van der Waals surface area contributed by atoms with Crippen molar-refractivity contribution in [2.75, 3.05) is 31.0 Å². The van der Waals surface area contributed by atoms with Gasteiger partial charge in [-0.3, -0.25) is 9.59 Å². The molecular formula is C19H20N2O4. The molecule has 0 bridgehead atoms. The van der Waals surface area contributed by atoms with E-state index in [1.807, 2.05) is 30.3 Å². The van der Waals surface area contributed by atoms with Crippen LogP contribution in [0.5, 0.6) is 11.5 Å². The van der Waals surface area contributed by atoms with Gasteiger partial charge >= 0.3 is 0 Å². The first kappa shape index (κ1) is 16.8. The topological polar surface area (TPSA) is 67.9 Å². The zero-order valence-corrected chi connectivity index (χ0v) is 14.2. The van der Waals surface area contributed by atoms with E-state index in [0.717, 1.165) is 5.69 Å². The molecule has 2 amide bonds. The Kier molecular flexibility index (Phi) is 4.88. The van der Waals surface area contributed by atoms with Crippen LogP contribution in [0.15, 0.2) is 48.5 Å². The van der Waals surface area contributed by atoms with Crippen LogP contribution < -0.4 is 19.7 Å². The number of nitrogens with one attached hydrogen (secondary N) is 1. The average Bonchev–Trinajstić information content (AvgIpc) is 3.04. The molecule has 0 radical (unpaired) electrons. The first-order valence-electron chi connectivity index (χ1n) is 8.00. The van der Waals surface area contributed by atoms with Crippen LogP contribution in [0.25, 0.3) is 0 Å². The number of benzene rings is 2. The lowest BCUT2D eigenvalue weighted by Crippen LogP contribution is -2.28. The summed E-state index contributed by atoms with van der Waals surface area (Å²) in [6.45, 7) is 0.340. The van der Waals surface area contributed by atoms with E-state index in [0.29, 0.717) is 23.7 Å². The van der Waals surface area contributed by atoms with Crippen molar-refractivity contribution in [1.29, 1.82) is 0 Å². The molecular weight excluding hydrogens is 320 g/mol. The average molecular weight is 340 g/mol. The van der Waals surface area contributed by atoms with Crippen molar-refractivity contribution in [1.82, 2.24) is 0 Å². The van der Waals surface area contributed by atoms with Gasteiger partial charge in [0.2, 0.25) is 11.8 Å². The van der Waals surface area contributed by atoms with Crippen LogP contribution in [-0.4, -0.2) is 32.6 Å². The summed E-state index contributed by atoms with van der Waals surface area (Å²) in [6, 6.07) is 14.5. The van der Waals surface area contributed by atoms with E-state index in [9.17, 15) is 9.59 Å². The first-order valence-corrected chi connectivity index (χ1v) is 8.00. The van der Waals surface area contributed by atoms with Crippen molar-refractivity contribution >= 4 is 23.2 Å². The third-order valence-corrected chi connectivity index (χ3v) is 4.23. The number of anilines is 2. The van der Waals surface area contributed by atoms with Crippen molar-refractivity contribution in [2.45, 2.75) is 6.42 Å². The zero-order valence-electron chi connectivity index (χ0n) is 14.2. The van der Waals surface area contributed by atoms with Gasteiger partial charge in [0.25, 0.3) is 0 Å². The molecule has 6 heteroatoms. The maximum atomic E-state index is 12.6. The van der Waals surface area contributed by atoms with Crippen molar-refractivity contribution in [3.63, 3.8) is 0 Å². The minimum atomic E-state index is -0.413. The number of hydrogen-bond donors (Lipinski definition) is 1. The predicted molar refractivity (Wildman–Crippen MR) is 95.1 cm³/mol. The highest BCUT2D eigenvalue weighted by Gasteiger charge is 2.35. The van der Waals surface area contributed by atoms with E-state index in [1.54, 1.807) is 37.3 Å². The maximum absolute atomic E-state index is 12.6. The summed E-state index contributed by atoms with van der Waals surface area (Å²) in [7, 11) is 3.13. The highest BCUT2D eigenvalue weighted by molar-refractivity contribution is 6.04. The number of hydrogen-bond acceptors (Lipinski definition) is 4. The standard InChI is InChI=1S/C19H20N2O4/c1-24-15-7-5-6-14(11-15)21-12-13(10-18(21)22)19(23)20-16-8-3-4-9-17(16)25-2/h3-9,11,13H,10,12H2,1-2H3,(H,20,23)/t13-/m1/s1. The van der Waals surface area contributed by atoms with E-state index < -0.39 is 5.92 Å². The number of methoxy groups -OCH3 is 2. The molecule has 1 fully saturated rings. The Morgan fingerprint density at radius 2 is 1.92 bits per heavy atom. The predicted octanol–water partition coefficient (Wildman–Crippen LogP) is 2.70. The molecule has 3 rings (SSSR count). The third kappa shape index (κ3) is 3.57. The summed E-state index contributed by atoms with van der Waals surface area (Å²) in [5.41, 5.74) is 1.33. The van der Waals surface area contributed by atoms with Gasteiger partial charge in [0.05, 0.1) is 25.8 Å². The van der Waals surface area contributed by atoms with E-state index in [4.69, 9.17) is 9.47 Å². The molecule has 1 heterocycles. The van der Waals surface area contributed by atoms with Crippen molar-refractivity contribution in [2.24, 2.45) is 5.92 Å². The molecule has 1 saturated heterocycles. The van der Waals surface area contributed by atoms with Gasteiger partial charge in [0, 0.05) is 24.7 Å². The molecule has 130 valence electrons. The minimum absolute atomic E-state index is 0.0755. The van der Waals surface area contributed by atoms with E-state index in [1.165, 1.54) is 0 Å². The van der Waals surface area contributed by atoms with Crippen LogP contribution in [0.4, 0.5) is 11.4 Å². The SMILES string of the molecule is COc1cccc(N2C[C@H](C(=O)Nc3ccccc3OC)CC2=O)c1. The van der Waals surface area contributed by atoms with Crippen molar-refractivity contribution in [3.8, 4) is 11.5 Å². The van der Waals surface area contributed by atoms with E-state index >= 15 is 0 Å². The quantitative estimate of drug-likeness (QED) is 0.909. The van der Waals surface area contributed by atoms with Gasteiger partial charge in [0.15, 0.2) is 0 Å². The van der Waals surface area contributed by atoms with Crippen LogP contribution in [0, 0.1) is 5.92 Å². The van der Waals surface area contributed by atoms with Crippen LogP contribution in [0.1, 0.15) is 6.42 Å². The van der Waals surface area contributed by atoms with Gasteiger partial charge in [-0.2, -0.15) is 0 Å². The molecule has 1 atom stereocenters.